The van der Waals surface area contributed by atoms with E-state index in [0.717, 1.165) is 25.7 Å². The molecule has 112 valence electrons. The van der Waals surface area contributed by atoms with Crippen molar-refractivity contribution in [3.8, 4) is 0 Å². The minimum Gasteiger partial charge on any atom is -0.389 e. The normalized spacial score (nSPS) is 19.5. The highest BCUT2D eigenvalue weighted by atomic mass is 32.2. The molecule has 1 atom stereocenters. The number of aliphatic hydroxyl groups is 1. The Hall–Kier alpha value is -0.910. The lowest BCUT2D eigenvalue weighted by atomic mass is 10.1. The summed E-state index contributed by atoms with van der Waals surface area (Å²) in [4.78, 5) is 0.236. The van der Waals surface area contributed by atoms with Crippen molar-refractivity contribution in [3.05, 3.63) is 29.8 Å². The summed E-state index contributed by atoms with van der Waals surface area (Å²) >= 11 is 0. The maximum Gasteiger partial charge on any atom is 0.240 e. The molecule has 0 bridgehead atoms. The van der Waals surface area contributed by atoms with Crippen LogP contribution in [0.5, 0.6) is 0 Å². The molecule has 4 nitrogen and oxygen atoms in total. The summed E-state index contributed by atoms with van der Waals surface area (Å²) in [5, 5.41) is 9.56. The van der Waals surface area contributed by atoms with Gasteiger partial charge < -0.3 is 5.11 Å². The van der Waals surface area contributed by atoms with E-state index in [0.29, 0.717) is 5.56 Å². The van der Waals surface area contributed by atoms with Gasteiger partial charge in [-0.15, -0.1) is 0 Å². The minimum absolute atomic E-state index is 0.0395. The highest BCUT2D eigenvalue weighted by Crippen LogP contribution is 2.21. The Kier molecular flexibility index (Phi) is 5.18. The van der Waals surface area contributed by atoms with E-state index in [1.807, 2.05) is 0 Å². The van der Waals surface area contributed by atoms with Crippen LogP contribution in [-0.4, -0.2) is 19.6 Å². The van der Waals surface area contributed by atoms with Crippen molar-refractivity contribution < 1.29 is 13.5 Å². The molecule has 0 aromatic heterocycles. The van der Waals surface area contributed by atoms with Gasteiger partial charge in [0.1, 0.15) is 0 Å². The summed E-state index contributed by atoms with van der Waals surface area (Å²) in [6.45, 7) is 1.63. The lowest BCUT2D eigenvalue weighted by Crippen LogP contribution is -2.34. The first kappa shape index (κ1) is 15.5. The molecule has 1 aromatic carbocycles. The average Bonchev–Trinajstić information content (AvgIpc) is 2.67. The Morgan fingerprint density at radius 1 is 1.20 bits per heavy atom. The fourth-order valence-corrected chi connectivity index (χ4v) is 3.99. The number of hydrogen-bond acceptors (Lipinski definition) is 3. The second-order valence-electron chi connectivity index (χ2n) is 5.56. The summed E-state index contributed by atoms with van der Waals surface area (Å²) in [5.74, 6) is 0. The molecule has 0 radical (unpaired) electrons. The number of benzene rings is 1. The van der Waals surface area contributed by atoms with Crippen LogP contribution < -0.4 is 4.72 Å². The fourth-order valence-electron chi connectivity index (χ4n) is 2.63. The zero-order valence-electron chi connectivity index (χ0n) is 11.9. The van der Waals surface area contributed by atoms with Crippen LogP contribution in [0.3, 0.4) is 0 Å². The molecule has 1 aromatic rings. The third kappa shape index (κ3) is 4.04. The minimum atomic E-state index is -3.49. The van der Waals surface area contributed by atoms with Gasteiger partial charge in [0.05, 0.1) is 11.0 Å². The zero-order valence-corrected chi connectivity index (χ0v) is 12.7. The molecule has 20 heavy (non-hydrogen) atoms. The van der Waals surface area contributed by atoms with Crippen molar-refractivity contribution in [1.29, 1.82) is 0 Å². The predicted octanol–water partition coefficient (Wildman–Crippen LogP) is 2.74. The van der Waals surface area contributed by atoms with Crippen molar-refractivity contribution in [2.24, 2.45) is 0 Å². The monoisotopic (exact) mass is 297 g/mol. The molecule has 1 aliphatic rings. The first-order valence-electron chi connectivity index (χ1n) is 7.29. The summed E-state index contributed by atoms with van der Waals surface area (Å²) in [7, 11) is -3.49. The van der Waals surface area contributed by atoms with Crippen LogP contribution in [0.2, 0.25) is 0 Å². The van der Waals surface area contributed by atoms with Crippen LogP contribution in [0, 0.1) is 0 Å². The fraction of sp³-hybridized carbons (Fsp3) is 0.600. The maximum atomic E-state index is 12.4. The van der Waals surface area contributed by atoms with Gasteiger partial charge in [-0.05, 0) is 37.5 Å². The zero-order chi connectivity index (χ0) is 14.6. The third-order valence-electron chi connectivity index (χ3n) is 3.83. The van der Waals surface area contributed by atoms with Gasteiger partial charge in [-0.3, -0.25) is 0 Å². The summed E-state index contributed by atoms with van der Waals surface area (Å²) in [6, 6.07) is 6.56. The molecule has 2 N–H and O–H groups in total. The van der Waals surface area contributed by atoms with Gasteiger partial charge in [-0.1, -0.05) is 37.8 Å². The summed E-state index contributed by atoms with van der Waals surface area (Å²) < 4.78 is 27.6. The van der Waals surface area contributed by atoms with Gasteiger partial charge in [-0.2, -0.15) is 0 Å². The largest absolute Gasteiger partial charge is 0.389 e. The number of nitrogens with one attached hydrogen (secondary N) is 1. The summed E-state index contributed by atoms with van der Waals surface area (Å²) in [5.41, 5.74) is 0.619. The van der Waals surface area contributed by atoms with Crippen molar-refractivity contribution in [3.63, 3.8) is 0 Å². The van der Waals surface area contributed by atoms with Crippen LogP contribution in [0.15, 0.2) is 29.2 Å². The highest BCUT2D eigenvalue weighted by molar-refractivity contribution is 7.89. The highest BCUT2D eigenvalue weighted by Gasteiger charge is 2.21. The maximum absolute atomic E-state index is 12.4. The SMILES string of the molecule is CC(O)c1cccc(S(=O)(=O)NC2CCCCCC2)c1. The van der Waals surface area contributed by atoms with Gasteiger partial charge in [0.25, 0.3) is 0 Å². The van der Waals surface area contributed by atoms with Crippen LogP contribution in [-0.2, 0) is 10.0 Å². The first-order chi connectivity index (χ1) is 9.49. The number of sulfonamides is 1. The lowest BCUT2D eigenvalue weighted by Gasteiger charge is -2.17. The third-order valence-corrected chi connectivity index (χ3v) is 5.35. The standard InChI is InChI=1S/C15H23NO3S/c1-12(17)13-7-6-10-15(11-13)20(18,19)16-14-8-4-2-3-5-9-14/h6-7,10-12,14,16-17H,2-5,8-9H2,1H3. The van der Waals surface area contributed by atoms with Crippen LogP contribution in [0.4, 0.5) is 0 Å². The lowest BCUT2D eigenvalue weighted by molar-refractivity contribution is 0.199. The van der Waals surface area contributed by atoms with Crippen LogP contribution >= 0.6 is 0 Å². The molecule has 1 saturated carbocycles. The van der Waals surface area contributed by atoms with E-state index in [2.05, 4.69) is 4.72 Å². The van der Waals surface area contributed by atoms with Crippen molar-refractivity contribution in [1.82, 2.24) is 4.72 Å². The Balaban J connectivity index is 2.15. The second kappa shape index (κ2) is 6.70. The van der Waals surface area contributed by atoms with E-state index >= 15 is 0 Å². The molecule has 1 unspecified atom stereocenters. The van der Waals surface area contributed by atoms with Crippen LogP contribution in [0.1, 0.15) is 57.1 Å². The predicted molar refractivity (Wildman–Crippen MR) is 78.9 cm³/mol. The van der Waals surface area contributed by atoms with Gasteiger partial charge in [-0.25, -0.2) is 13.1 Å². The molecule has 1 aliphatic carbocycles. The van der Waals surface area contributed by atoms with E-state index in [9.17, 15) is 13.5 Å². The molecular formula is C15H23NO3S. The quantitative estimate of drug-likeness (QED) is 0.840. The number of rotatable bonds is 4. The molecule has 2 rings (SSSR count). The second-order valence-corrected chi connectivity index (χ2v) is 7.27. The van der Waals surface area contributed by atoms with Gasteiger partial charge >= 0.3 is 0 Å². The van der Waals surface area contributed by atoms with E-state index in [1.54, 1.807) is 31.2 Å². The van der Waals surface area contributed by atoms with Crippen molar-refractivity contribution >= 4 is 10.0 Å². The Morgan fingerprint density at radius 2 is 1.85 bits per heavy atom. The van der Waals surface area contributed by atoms with Crippen LogP contribution in [0.25, 0.3) is 0 Å². The number of aliphatic hydroxyl groups excluding tert-OH is 1. The van der Waals surface area contributed by atoms with E-state index < -0.39 is 16.1 Å². The van der Waals surface area contributed by atoms with Crippen molar-refractivity contribution in [2.75, 3.05) is 0 Å². The molecule has 5 heteroatoms. The molecule has 0 amide bonds. The smallest absolute Gasteiger partial charge is 0.240 e. The molecule has 0 spiro atoms. The first-order valence-corrected chi connectivity index (χ1v) is 8.78. The van der Waals surface area contributed by atoms with Gasteiger partial charge in [0, 0.05) is 6.04 Å². The number of hydrogen-bond donors (Lipinski definition) is 2. The van der Waals surface area contributed by atoms with Gasteiger partial charge in [0.15, 0.2) is 0 Å². The van der Waals surface area contributed by atoms with E-state index in [1.165, 1.54) is 12.8 Å². The Labute approximate surface area is 121 Å². The molecule has 1 fully saturated rings. The van der Waals surface area contributed by atoms with E-state index in [4.69, 9.17) is 0 Å². The average molecular weight is 297 g/mol. The molecule has 0 saturated heterocycles. The Bertz CT molecular complexity index is 532. The Morgan fingerprint density at radius 3 is 2.45 bits per heavy atom. The molecular weight excluding hydrogens is 274 g/mol. The summed E-state index contributed by atoms with van der Waals surface area (Å²) in [6.07, 6.45) is 5.71. The van der Waals surface area contributed by atoms with Crippen molar-refractivity contribution in [2.45, 2.75) is 62.5 Å². The topological polar surface area (TPSA) is 66.4 Å². The molecule has 0 heterocycles. The van der Waals surface area contributed by atoms with Gasteiger partial charge in [0.2, 0.25) is 10.0 Å². The van der Waals surface area contributed by atoms with E-state index in [-0.39, 0.29) is 10.9 Å². The molecule has 0 aliphatic heterocycles.